The maximum absolute atomic E-state index is 9.97. The summed E-state index contributed by atoms with van der Waals surface area (Å²) >= 11 is 2.18. The van der Waals surface area contributed by atoms with Crippen molar-refractivity contribution >= 4 is 22.6 Å². The van der Waals surface area contributed by atoms with E-state index in [1.807, 2.05) is 6.07 Å². The van der Waals surface area contributed by atoms with Gasteiger partial charge in [0.15, 0.2) is 11.5 Å². The summed E-state index contributed by atoms with van der Waals surface area (Å²) in [6.07, 6.45) is 8.31. The van der Waals surface area contributed by atoms with Gasteiger partial charge in [-0.2, -0.15) is 0 Å². The van der Waals surface area contributed by atoms with Gasteiger partial charge in [-0.15, -0.1) is 0 Å². The van der Waals surface area contributed by atoms with Crippen LogP contribution >= 0.6 is 22.6 Å². The van der Waals surface area contributed by atoms with Crippen LogP contribution in [0.2, 0.25) is 0 Å². The Labute approximate surface area is 140 Å². The van der Waals surface area contributed by atoms with Gasteiger partial charge in [-0.05, 0) is 78.4 Å². The molecule has 1 heterocycles. The number of hydrogen-bond acceptors (Lipinski definition) is 3. The largest absolute Gasteiger partial charge is 0.504 e. The molecule has 0 radical (unpaired) electrons. The van der Waals surface area contributed by atoms with Gasteiger partial charge in [0, 0.05) is 12.6 Å². The van der Waals surface area contributed by atoms with Crippen molar-refractivity contribution in [1.29, 1.82) is 0 Å². The number of fused-ring (bicyclic) bond motifs is 1. The first kappa shape index (κ1) is 15.4. The van der Waals surface area contributed by atoms with E-state index in [0.29, 0.717) is 5.75 Å². The topological polar surface area (TPSA) is 32.7 Å². The maximum atomic E-state index is 9.97. The van der Waals surface area contributed by atoms with Crippen molar-refractivity contribution in [3.8, 4) is 11.5 Å². The molecule has 1 saturated heterocycles. The number of ether oxygens (including phenoxy) is 1. The minimum absolute atomic E-state index is 0.260. The molecule has 116 valence electrons. The van der Waals surface area contributed by atoms with E-state index in [0.717, 1.165) is 22.1 Å². The maximum Gasteiger partial charge on any atom is 0.171 e. The third-order valence-corrected chi connectivity index (χ3v) is 5.87. The van der Waals surface area contributed by atoms with Crippen molar-refractivity contribution in [2.24, 2.45) is 5.92 Å². The van der Waals surface area contributed by atoms with E-state index in [1.54, 1.807) is 7.11 Å². The van der Waals surface area contributed by atoms with Gasteiger partial charge >= 0.3 is 0 Å². The first-order valence-electron chi connectivity index (χ1n) is 7.98. The molecule has 21 heavy (non-hydrogen) atoms. The molecule has 0 aromatic heterocycles. The monoisotopic (exact) mass is 401 g/mol. The first-order chi connectivity index (χ1) is 10.2. The zero-order chi connectivity index (χ0) is 14.8. The number of phenols is 1. The van der Waals surface area contributed by atoms with Gasteiger partial charge in [-0.3, -0.25) is 4.90 Å². The molecule has 3 nitrogen and oxygen atoms in total. The van der Waals surface area contributed by atoms with Crippen molar-refractivity contribution in [2.45, 2.75) is 51.1 Å². The summed E-state index contributed by atoms with van der Waals surface area (Å²) in [5, 5.41) is 9.97. The Bertz CT molecular complexity index is 504. The molecule has 1 aliphatic heterocycles. The van der Waals surface area contributed by atoms with Crippen LogP contribution in [-0.4, -0.2) is 29.7 Å². The average Bonchev–Trinajstić information content (AvgIpc) is 2.51. The van der Waals surface area contributed by atoms with E-state index in [1.165, 1.54) is 50.6 Å². The number of phenolic OH excluding ortho intramolecular Hbond substituents is 1. The van der Waals surface area contributed by atoms with E-state index < -0.39 is 0 Å². The molecule has 2 aliphatic rings. The summed E-state index contributed by atoms with van der Waals surface area (Å²) in [7, 11) is 1.62. The van der Waals surface area contributed by atoms with Crippen molar-refractivity contribution in [3.05, 3.63) is 21.3 Å². The summed E-state index contributed by atoms with van der Waals surface area (Å²) in [4.78, 5) is 2.66. The molecule has 0 spiro atoms. The molecule has 1 N–H and O–H groups in total. The lowest BCUT2D eigenvalue weighted by atomic mass is 9.78. The van der Waals surface area contributed by atoms with Gasteiger partial charge in [-0.1, -0.05) is 12.8 Å². The number of hydrogen-bond donors (Lipinski definition) is 1. The predicted octanol–water partition coefficient (Wildman–Crippen LogP) is 4.16. The lowest BCUT2D eigenvalue weighted by molar-refractivity contribution is 0.0546. The van der Waals surface area contributed by atoms with Crippen LogP contribution in [0.4, 0.5) is 0 Å². The standard InChI is InChI=1S/C17H24INO2/c1-21-16-10-12(9-14(18)17(16)20)11-19-8-4-6-13-5-2-3-7-15(13)19/h9-10,13,15,20H,2-8,11H2,1H3/t13-,15-/m1/s1. The number of benzene rings is 1. The van der Waals surface area contributed by atoms with Gasteiger partial charge in [0.05, 0.1) is 10.7 Å². The average molecular weight is 401 g/mol. The Morgan fingerprint density at radius 2 is 2.00 bits per heavy atom. The molecule has 0 unspecified atom stereocenters. The van der Waals surface area contributed by atoms with Gasteiger partial charge < -0.3 is 9.84 Å². The Morgan fingerprint density at radius 3 is 2.81 bits per heavy atom. The zero-order valence-corrected chi connectivity index (χ0v) is 14.8. The predicted molar refractivity (Wildman–Crippen MR) is 92.8 cm³/mol. The Morgan fingerprint density at radius 1 is 1.24 bits per heavy atom. The smallest absolute Gasteiger partial charge is 0.171 e. The fourth-order valence-corrected chi connectivity index (χ4v) is 4.70. The molecular weight excluding hydrogens is 377 g/mol. The molecule has 2 atom stereocenters. The molecule has 1 aliphatic carbocycles. The number of aromatic hydroxyl groups is 1. The number of nitrogens with zero attached hydrogens (tertiary/aromatic N) is 1. The van der Waals surface area contributed by atoms with Crippen LogP contribution in [0, 0.1) is 9.49 Å². The second-order valence-electron chi connectivity index (χ2n) is 6.35. The SMILES string of the molecule is COc1cc(CN2CCC[C@H]3CCCC[C@H]32)cc(I)c1O. The quantitative estimate of drug-likeness (QED) is 0.773. The number of halogens is 1. The second-order valence-corrected chi connectivity index (χ2v) is 7.52. The molecule has 1 aromatic rings. The molecular formula is C17H24INO2. The fraction of sp³-hybridized carbons (Fsp3) is 0.647. The van der Waals surface area contributed by atoms with Crippen LogP contribution in [0.1, 0.15) is 44.1 Å². The Hall–Kier alpha value is -0.490. The lowest BCUT2D eigenvalue weighted by Crippen LogP contribution is -2.46. The second kappa shape index (κ2) is 6.73. The van der Waals surface area contributed by atoms with Crippen molar-refractivity contribution < 1.29 is 9.84 Å². The summed E-state index contributed by atoms with van der Waals surface area (Å²) in [5.74, 6) is 1.76. The molecule has 0 amide bonds. The molecule has 2 fully saturated rings. The van der Waals surface area contributed by atoms with E-state index in [-0.39, 0.29) is 5.75 Å². The van der Waals surface area contributed by atoms with Crippen molar-refractivity contribution in [1.82, 2.24) is 4.90 Å². The van der Waals surface area contributed by atoms with Gasteiger partial charge in [0.25, 0.3) is 0 Å². The summed E-state index contributed by atoms with van der Waals surface area (Å²) in [5.41, 5.74) is 1.25. The third-order valence-electron chi connectivity index (χ3n) is 5.05. The molecule has 1 aromatic carbocycles. The highest BCUT2D eigenvalue weighted by Gasteiger charge is 2.33. The van der Waals surface area contributed by atoms with Crippen molar-refractivity contribution in [3.63, 3.8) is 0 Å². The van der Waals surface area contributed by atoms with Crippen LogP contribution in [0.5, 0.6) is 11.5 Å². The number of likely N-dealkylation sites (tertiary alicyclic amines) is 1. The zero-order valence-electron chi connectivity index (χ0n) is 12.6. The highest BCUT2D eigenvalue weighted by Crippen LogP contribution is 2.37. The molecule has 0 bridgehead atoms. The van der Waals surface area contributed by atoms with E-state index in [2.05, 4.69) is 33.6 Å². The normalized spacial score (nSPS) is 26.4. The summed E-state index contributed by atoms with van der Waals surface area (Å²) in [6.45, 7) is 2.19. The van der Waals surface area contributed by atoms with Gasteiger partial charge in [0.1, 0.15) is 0 Å². The van der Waals surface area contributed by atoms with Crippen molar-refractivity contribution in [2.75, 3.05) is 13.7 Å². The molecule has 4 heteroatoms. The van der Waals surface area contributed by atoms with E-state index >= 15 is 0 Å². The van der Waals surface area contributed by atoms with E-state index in [4.69, 9.17) is 4.74 Å². The molecule has 3 rings (SSSR count). The minimum atomic E-state index is 0.260. The number of methoxy groups -OCH3 is 1. The highest BCUT2D eigenvalue weighted by molar-refractivity contribution is 14.1. The van der Waals surface area contributed by atoms with E-state index in [9.17, 15) is 5.11 Å². The van der Waals surface area contributed by atoms with Crippen LogP contribution in [-0.2, 0) is 6.54 Å². The van der Waals surface area contributed by atoms with Gasteiger partial charge in [-0.25, -0.2) is 0 Å². The molecule has 1 saturated carbocycles. The first-order valence-corrected chi connectivity index (χ1v) is 9.06. The Kier molecular flexibility index (Phi) is 4.94. The lowest BCUT2D eigenvalue weighted by Gasteiger charge is -2.44. The van der Waals surface area contributed by atoms with Crippen LogP contribution in [0.15, 0.2) is 12.1 Å². The number of rotatable bonds is 3. The fourth-order valence-electron chi connectivity index (χ4n) is 4.03. The number of piperidine rings is 1. The third kappa shape index (κ3) is 3.31. The Balaban J connectivity index is 1.77. The van der Waals surface area contributed by atoms with Crippen LogP contribution < -0.4 is 4.74 Å². The van der Waals surface area contributed by atoms with Gasteiger partial charge in [0.2, 0.25) is 0 Å². The summed E-state index contributed by atoms with van der Waals surface area (Å²) in [6, 6.07) is 4.85. The minimum Gasteiger partial charge on any atom is -0.504 e. The summed E-state index contributed by atoms with van der Waals surface area (Å²) < 4.78 is 6.16. The van der Waals surface area contributed by atoms with Crippen LogP contribution in [0.3, 0.4) is 0 Å². The van der Waals surface area contributed by atoms with Crippen LogP contribution in [0.25, 0.3) is 0 Å². The highest BCUT2D eigenvalue weighted by atomic mass is 127.